The van der Waals surface area contributed by atoms with Gasteiger partial charge in [-0.15, -0.1) is 6.58 Å². The molecule has 2 aliphatic carbocycles. The second kappa shape index (κ2) is 8.69. The summed E-state index contributed by atoms with van der Waals surface area (Å²) in [5, 5.41) is 0. The van der Waals surface area contributed by atoms with Crippen molar-refractivity contribution in [3.05, 3.63) is 24.3 Å². The molecule has 130 valence electrons. The van der Waals surface area contributed by atoms with Gasteiger partial charge in [-0.05, 0) is 69.1 Å². The highest BCUT2D eigenvalue weighted by molar-refractivity contribution is 6.25. The molecule has 3 fully saturated rings. The molecule has 0 atom stereocenters. The molecule has 0 aromatic rings. The van der Waals surface area contributed by atoms with Gasteiger partial charge in [0.1, 0.15) is 0 Å². The lowest BCUT2D eigenvalue weighted by molar-refractivity contribution is -0.223. The number of ether oxygens (including phenoxy) is 2. The largest absolute Gasteiger partial charge is 0.352 e. The lowest BCUT2D eigenvalue weighted by atomic mass is 9.69. The highest BCUT2D eigenvalue weighted by Gasteiger charge is 2.35. The highest BCUT2D eigenvalue weighted by atomic mass is 35.5. The molecule has 0 spiro atoms. The molecule has 1 saturated heterocycles. The van der Waals surface area contributed by atoms with Gasteiger partial charge in [-0.2, -0.15) is 0 Å². The van der Waals surface area contributed by atoms with Crippen LogP contribution < -0.4 is 0 Å². The first kappa shape index (κ1) is 17.5. The Morgan fingerprint density at radius 1 is 0.739 bits per heavy atom. The first-order valence-electron chi connectivity index (χ1n) is 9.42. The Hall–Kier alpha value is -0.310. The Morgan fingerprint density at radius 3 is 1.78 bits per heavy atom. The fourth-order valence-corrected chi connectivity index (χ4v) is 4.95. The molecular formula is C20H31ClO2. The molecule has 3 aliphatic rings. The van der Waals surface area contributed by atoms with E-state index in [4.69, 9.17) is 21.1 Å². The van der Waals surface area contributed by atoms with Crippen molar-refractivity contribution in [2.75, 3.05) is 13.2 Å². The van der Waals surface area contributed by atoms with E-state index >= 15 is 0 Å². The number of allylic oxidation sites excluding steroid dienone is 1. The molecule has 3 rings (SSSR count). The van der Waals surface area contributed by atoms with Gasteiger partial charge in [0.05, 0.1) is 13.2 Å². The second-order valence-electron chi connectivity index (χ2n) is 7.70. The van der Waals surface area contributed by atoms with Crippen molar-refractivity contribution < 1.29 is 9.47 Å². The van der Waals surface area contributed by atoms with Crippen molar-refractivity contribution in [1.82, 2.24) is 0 Å². The fraction of sp³-hybridized carbons (Fsp3) is 0.800. The Balaban J connectivity index is 1.40. The van der Waals surface area contributed by atoms with Gasteiger partial charge in [0.25, 0.3) is 0 Å². The average molecular weight is 339 g/mol. The van der Waals surface area contributed by atoms with E-state index < -0.39 is 0 Å². The molecule has 2 saturated carbocycles. The minimum atomic E-state index is 0.0387. The van der Waals surface area contributed by atoms with Gasteiger partial charge in [0.2, 0.25) is 0 Å². The summed E-state index contributed by atoms with van der Waals surface area (Å²) in [5.41, 5.74) is 1.71. The summed E-state index contributed by atoms with van der Waals surface area (Å²) < 4.78 is 11.9. The Labute approximate surface area is 146 Å². The van der Waals surface area contributed by atoms with Crippen LogP contribution >= 0.6 is 11.6 Å². The third-order valence-electron chi connectivity index (χ3n) is 6.31. The van der Waals surface area contributed by atoms with Gasteiger partial charge in [-0.1, -0.05) is 23.8 Å². The first-order chi connectivity index (χ1) is 11.3. The van der Waals surface area contributed by atoms with Crippen molar-refractivity contribution in [3.8, 4) is 0 Å². The smallest absolute Gasteiger partial charge is 0.160 e. The Morgan fingerprint density at radius 2 is 1.26 bits per heavy atom. The van der Waals surface area contributed by atoms with E-state index in [1.807, 2.05) is 6.08 Å². The van der Waals surface area contributed by atoms with Crippen molar-refractivity contribution in [2.24, 2.45) is 29.6 Å². The normalized spacial score (nSPS) is 42.7. The van der Waals surface area contributed by atoms with Crippen molar-refractivity contribution in [2.45, 2.75) is 57.7 Å². The molecular weight excluding hydrogens is 308 g/mol. The van der Waals surface area contributed by atoms with Crippen LogP contribution in [0.1, 0.15) is 51.4 Å². The van der Waals surface area contributed by atoms with Gasteiger partial charge in [-0.25, -0.2) is 0 Å². The van der Waals surface area contributed by atoms with E-state index in [0.29, 0.717) is 11.8 Å². The van der Waals surface area contributed by atoms with E-state index in [2.05, 4.69) is 12.7 Å². The molecule has 1 aliphatic heterocycles. The summed E-state index contributed by atoms with van der Waals surface area (Å²) >= 11 is 5.72. The van der Waals surface area contributed by atoms with E-state index in [9.17, 15) is 0 Å². The molecule has 0 amide bonds. The maximum atomic E-state index is 5.93. The summed E-state index contributed by atoms with van der Waals surface area (Å²) in [6.07, 6.45) is 14.9. The molecule has 0 aromatic heterocycles. The van der Waals surface area contributed by atoms with Gasteiger partial charge in [0, 0.05) is 17.4 Å². The molecule has 3 heteroatoms. The first-order valence-corrected chi connectivity index (χ1v) is 9.86. The molecule has 0 bridgehead atoms. The zero-order valence-corrected chi connectivity index (χ0v) is 14.9. The second-order valence-corrected chi connectivity index (χ2v) is 7.95. The number of rotatable bonds is 4. The van der Waals surface area contributed by atoms with Gasteiger partial charge in [0.15, 0.2) is 6.29 Å². The molecule has 0 radical (unpaired) electrons. The summed E-state index contributed by atoms with van der Waals surface area (Å²) in [6, 6.07) is 0. The molecule has 0 aromatic carbocycles. The topological polar surface area (TPSA) is 18.5 Å². The number of hydrogen-bond acceptors (Lipinski definition) is 2. The SMILES string of the molecule is C=C[C@H]1CO[C@H](C2CCC([C@H]3CC[C@H](/C=C/Cl)CC3)CC2)OC1. The standard InChI is InChI=1S/C20H31ClO2/c1-2-15-13-22-20(23-14-15)19-9-7-18(8-10-19)17-5-3-16(4-6-17)11-12-21/h2,11-12,15-20H,1,3-10,13-14H2/b12-11+/t15-,16-,17-,18?,19?,20-. The lowest BCUT2D eigenvalue weighted by Crippen LogP contribution is -2.38. The zero-order chi connectivity index (χ0) is 16.1. The van der Waals surface area contributed by atoms with Crippen LogP contribution in [0.15, 0.2) is 24.3 Å². The van der Waals surface area contributed by atoms with Crippen LogP contribution in [0.5, 0.6) is 0 Å². The van der Waals surface area contributed by atoms with Crippen LogP contribution in [0.3, 0.4) is 0 Å². The summed E-state index contributed by atoms with van der Waals surface area (Å²) in [5.74, 6) is 3.57. The average Bonchev–Trinajstić information content (AvgIpc) is 2.63. The summed E-state index contributed by atoms with van der Waals surface area (Å²) in [7, 11) is 0. The van der Waals surface area contributed by atoms with Crippen LogP contribution in [0, 0.1) is 29.6 Å². The number of halogens is 1. The van der Waals surface area contributed by atoms with E-state index in [1.165, 1.54) is 51.4 Å². The quantitative estimate of drug-likeness (QED) is 0.628. The Bertz CT molecular complexity index is 384. The third-order valence-corrected chi connectivity index (χ3v) is 6.46. The predicted molar refractivity (Wildman–Crippen MR) is 95.3 cm³/mol. The van der Waals surface area contributed by atoms with Crippen molar-refractivity contribution in [1.29, 1.82) is 0 Å². The third kappa shape index (κ3) is 4.61. The van der Waals surface area contributed by atoms with Gasteiger partial charge >= 0.3 is 0 Å². The highest BCUT2D eigenvalue weighted by Crippen LogP contribution is 2.43. The van der Waals surface area contributed by atoms with Crippen molar-refractivity contribution >= 4 is 11.6 Å². The van der Waals surface area contributed by atoms with Gasteiger partial charge < -0.3 is 9.47 Å². The van der Waals surface area contributed by atoms with E-state index in [-0.39, 0.29) is 6.29 Å². The van der Waals surface area contributed by atoms with E-state index in [0.717, 1.165) is 31.0 Å². The van der Waals surface area contributed by atoms with Gasteiger partial charge in [-0.3, -0.25) is 0 Å². The zero-order valence-electron chi connectivity index (χ0n) is 14.2. The van der Waals surface area contributed by atoms with Crippen LogP contribution in [-0.2, 0) is 9.47 Å². The Kier molecular flexibility index (Phi) is 6.62. The molecule has 1 heterocycles. The van der Waals surface area contributed by atoms with E-state index in [1.54, 1.807) is 5.54 Å². The summed E-state index contributed by atoms with van der Waals surface area (Å²) in [4.78, 5) is 0. The molecule has 0 unspecified atom stereocenters. The van der Waals surface area contributed by atoms with Crippen molar-refractivity contribution in [3.63, 3.8) is 0 Å². The molecule has 0 N–H and O–H groups in total. The van der Waals surface area contributed by atoms with Crippen LogP contribution in [-0.4, -0.2) is 19.5 Å². The maximum absolute atomic E-state index is 5.93. The molecule has 23 heavy (non-hydrogen) atoms. The monoisotopic (exact) mass is 338 g/mol. The molecule has 2 nitrogen and oxygen atoms in total. The maximum Gasteiger partial charge on any atom is 0.160 e. The minimum Gasteiger partial charge on any atom is -0.352 e. The number of hydrogen-bond donors (Lipinski definition) is 0. The van der Waals surface area contributed by atoms with Crippen LogP contribution in [0.25, 0.3) is 0 Å². The summed E-state index contributed by atoms with van der Waals surface area (Å²) in [6.45, 7) is 5.40. The minimum absolute atomic E-state index is 0.0387. The lowest BCUT2D eigenvalue weighted by Gasteiger charge is -2.40. The van der Waals surface area contributed by atoms with Crippen LogP contribution in [0.4, 0.5) is 0 Å². The van der Waals surface area contributed by atoms with Crippen LogP contribution in [0.2, 0.25) is 0 Å². The fourth-order valence-electron chi connectivity index (χ4n) is 4.74. The predicted octanol–water partition coefficient (Wildman–Crippen LogP) is 5.53.